The Kier molecular flexibility index (Phi) is 4.82. The van der Waals surface area contributed by atoms with Gasteiger partial charge in [0.15, 0.2) is 0 Å². The third-order valence-corrected chi connectivity index (χ3v) is 4.47. The summed E-state index contributed by atoms with van der Waals surface area (Å²) in [6, 6.07) is 10.9. The van der Waals surface area contributed by atoms with Gasteiger partial charge >= 0.3 is 6.18 Å². The number of hydrogen-bond donors (Lipinski definition) is 1. The molecule has 1 unspecified atom stereocenters. The van der Waals surface area contributed by atoms with Gasteiger partial charge in [0.25, 0.3) is 0 Å². The Morgan fingerprint density at radius 3 is 2.56 bits per heavy atom. The van der Waals surface area contributed by atoms with Crippen LogP contribution in [0.5, 0.6) is 5.75 Å². The van der Waals surface area contributed by atoms with Gasteiger partial charge in [-0.3, -0.25) is 5.10 Å². The summed E-state index contributed by atoms with van der Waals surface area (Å²) in [4.78, 5) is -0.115. The Bertz CT molecular complexity index is 914. The molecular weight excluding hydrogens is 377 g/mol. The Hall–Kier alpha value is -2.32. The van der Waals surface area contributed by atoms with Crippen LogP contribution in [0, 0.1) is 0 Å². The monoisotopic (exact) mass is 386 g/mol. The molecule has 0 saturated carbocycles. The van der Waals surface area contributed by atoms with E-state index in [-0.39, 0.29) is 21.9 Å². The molecule has 1 N–H and O–H groups in total. The van der Waals surface area contributed by atoms with Crippen molar-refractivity contribution in [3.05, 3.63) is 65.3 Å². The molecule has 0 aliphatic carbocycles. The van der Waals surface area contributed by atoms with Crippen LogP contribution in [-0.2, 0) is 17.3 Å². The molecule has 1 heterocycles. The number of halogens is 4. The molecule has 0 amide bonds. The van der Waals surface area contributed by atoms with E-state index in [1.54, 1.807) is 12.1 Å². The summed E-state index contributed by atoms with van der Waals surface area (Å²) >= 11 is 3.67. The summed E-state index contributed by atoms with van der Waals surface area (Å²) in [6.07, 6.45) is -3.28. The van der Waals surface area contributed by atoms with Crippen LogP contribution in [0.15, 0.2) is 59.6 Å². The number of nitrogens with one attached hydrogen (secondary N) is 1. The third kappa shape index (κ3) is 4.02. The van der Waals surface area contributed by atoms with E-state index in [0.29, 0.717) is 5.02 Å². The average molecular weight is 387 g/mol. The molecule has 2 aromatic carbocycles. The predicted molar refractivity (Wildman–Crippen MR) is 87.5 cm³/mol. The number of H-pyrrole nitrogens is 1. The number of hydrogen-bond acceptors (Lipinski definition) is 3. The topological polar surface area (TPSA) is 55.0 Å². The largest absolute Gasteiger partial charge is 0.417 e. The molecular formula is C16H10ClF3N2O2S. The number of aromatic nitrogens is 2. The molecule has 1 aromatic heterocycles. The van der Waals surface area contributed by atoms with Crippen LogP contribution in [0.1, 0.15) is 5.56 Å². The van der Waals surface area contributed by atoms with E-state index >= 15 is 0 Å². The maximum atomic E-state index is 13.4. The number of benzene rings is 2. The summed E-state index contributed by atoms with van der Waals surface area (Å²) in [5, 5.41) is 6.50. The second-order valence-corrected chi connectivity index (χ2v) is 6.49. The maximum Gasteiger partial charge on any atom is 0.417 e. The molecule has 4 nitrogen and oxygen atoms in total. The molecule has 0 fully saturated rings. The normalized spacial score (nSPS) is 12.8. The molecule has 0 saturated heterocycles. The molecule has 0 bridgehead atoms. The highest BCUT2D eigenvalue weighted by Gasteiger charge is 2.35. The Labute approximate surface area is 148 Å². The van der Waals surface area contributed by atoms with Gasteiger partial charge in [-0.2, -0.15) is 18.3 Å². The van der Waals surface area contributed by atoms with Gasteiger partial charge in [0.05, 0.1) is 16.2 Å². The van der Waals surface area contributed by atoms with Gasteiger partial charge in [-0.15, -0.1) is 0 Å². The zero-order valence-electron chi connectivity index (χ0n) is 12.4. The minimum absolute atomic E-state index is 0.0893. The molecule has 1 atom stereocenters. The van der Waals surface area contributed by atoms with Crippen molar-refractivity contribution in [2.24, 2.45) is 0 Å². The molecule has 0 aliphatic heterocycles. The Morgan fingerprint density at radius 1 is 1.12 bits per heavy atom. The van der Waals surface area contributed by atoms with E-state index in [9.17, 15) is 17.4 Å². The first-order valence-corrected chi connectivity index (χ1v) is 8.36. The fourth-order valence-corrected chi connectivity index (χ4v) is 3.10. The average Bonchev–Trinajstić information content (AvgIpc) is 3.08. The van der Waals surface area contributed by atoms with Crippen molar-refractivity contribution in [1.82, 2.24) is 10.2 Å². The Balaban J connectivity index is 1.96. The van der Waals surface area contributed by atoms with Crippen LogP contribution in [0.4, 0.5) is 13.2 Å². The highest BCUT2D eigenvalue weighted by Crippen LogP contribution is 2.37. The van der Waals surface area contributed by atoms with Crippen molar-refractivity contribution in [2.75, 3.05) is 0 Å². The summed E-state index contributed by atoms with van der Waals surface area (Å²) in [6.45, 7) is 0. The molecule has 3 aromatic rings. The first-order chi connectivity index (χ1) is 11.8. The predicted octanol–water partition coefficient (Wildman–Crippen LogP) is 4.85. The zero-order chi connectivity index (χ0) is 18.0. The van der Waals surface area contributed by atoms with Crippen LogP contribution < -0.4 is 4.18 Å². The lowest BCUT2D eigenvalue weighted by Gasteiger charge is -2.13. The first-order valence-electron chi connectivity index (χ1n) is 6.91. The summed E-state index contributed by atoms with van der Waals surface area (Å²) in [7, 11) is 0. The number of aromatic amines is 1. The van der Waals surface area contributed by atoms with Crippen LogP contribution >= 0.6 is 11.6 Å². The fraction of sp³-hybridized carbons (Fsp3) is 0.0625. The van der Waals surface area contributed by atoms with Crippen molar-refractivity contribution >= 4 is 22.7 Å². The van der Waals surface area contributed by atoms with Gasteiger partial charge in [-0.05, 0) is 30.3 Å². The lowest BCUT2D eigenvalue weighted by Crippen LogP contribution is -2.10. The minimum Gasteiger partial charge on any atom is -0.397 e. The summed E-state index contributed by atoms with van der Waals surface area (Å²) in [5.74, 6) is 0.192. The van der Waals surface area contributed by atoms with Gasteiger partial charge < -0.3 is 4.18 Å². The van der Waals surface area contributed by atoms with Gasteiger partial charge in [-0.1, -0.05) is 23.7 Å². The van der Waals surface area contributed by atoms with Crippen molar-refractivity contribution < 1.29 is 21.6 Å². The SMILES string of the molecule is O=S(Oc1cccc(Cl)c1)c1ccc(-c2ccn[nH]2)c(C(F)(F)F)c1. The third-order valence-electron chi connectivity index (χ3n) is 3.25. The molecule has 0 spiro atoms. The number of alkyl halides is 3. The smallest absolute Gasteiger partial charge is 0.397 e. The molecule has 9 heteroatoms. The van der Waals surface area contributed by atoms with Crippen LogP contribution in [0.25, 0.3) is 11.3 Å². The molecule has 3 rings (SSSR count). The van der Waals surface area contributed by atoms with Crippen LogP contribution in [-0.4, -0.2) is 14.4 Å². The lowest BCUT2D eigenvalue weighted by molar-refractivity contribution is -0.137. The Morgan fingerprint density at radius 2 is 1.92 bits per heavy atom. The minimum atomic E-state index is -4.63. The zero-order valence-corrected chi connectivity index (χ0v) is 14.0. The van der Waals surface area contributed by atoms with Gasteiger partial charge in [-0.25, -0.2) is 4.21 Å². The van der Waals surface area contributed by atoms with E-state index in [1.807, 2.05) is 0 Å². The van der Waals surface area contributed by atoms with Gasteiger partial charge in [0.2, 0.25) is 11.1 Å². The number of nitrogens with zero attached hydrogens (tertiary/aromatic N) is 1. The lowest BCUT2D eigenvalue weighted by atomic mass is 10.0. The maximum absolute atomic E-state index is 13.4. The summed E-state index contributed by atoms with van der Waals surface area (Å²) in [5.41, 5.74) is -0.814. The second kappa shape index (κ2) is 6.89. The first kappa shape index (κ1) is 17.5. The van der Waals surface area contributed by atoms with Gasteiger partial charge in [0, 0.05) is 22.8 Å². The van der Waals surface area contributed by atoms with E-state index in [4.69, 9.17) is 15.8 Å². The molecule has 130 valence electrons. The quantitative estimate of drug-likeness (QED) is 0.697. The second-order valence-electron chi connectivity index (χ2n) is 4.95. The highest BCUT2D eigenvalue weighted by atomic mass is 35.5. The van der Waals surface area contributed by atoms with E-state index < -0.39 is 22.8 Å². The van der Waals surface area contributed by atoms with E-state index in [2.05, 4.69) is 10.2 Å². The summed E-state index contributed by atoms with van der Waals surface area (Å²) < 4.78 is 57.6. The van der Waals surface area contributed by atoms with Crippen molar-refractivity contribution in [1.29, 1.82) is 0 Å². The van der Waals surface area contributed by atoms with E-state index in [1.165, 1.54) is 36.5 Å². The standard InChI is InChI=1S/C16H10ClF3N2O2S/c17-10-2-1-3-11(8-10)24-25(23)12-4-5-13(15-6-7-21-22-15)14(9-12)16(18,19)20/h1-9H,(H,21,22). The van der Waals surface area contributed by atoms with E-state index in [0.717, 1.165) is 6.07 Å². The van der Waals surface area contributed by atoms with Crippen LogP contribution in [0.2, 0.25) is 5.02 Å². The van der Waals surface area contributed by atoms with Crippen molar-refractivity contribution in [3.8, 4) is 17.0 Å². The molecule has 0 radical (unpaired) electrons. The van der Waals surface area contributed by atoms with Gasteiger partial charge in [0.1, 0.15) is 5.75 Å². The molecule has 0 aliphatic rings. The number of rotatable bonds is 4. The van der Waals surface area contributed by atoms with Crippen LogP contribution in [0.3, 0.4) is 0 Å². The van der Waals surface area contributed by atoms with Crippen molar-refractivity contribution in [2.45, 2.75) is 11.1 Å². The molecule has 25 heavy (non-hydrogen) atoms. The fourth-order valence-electron chi connectivity index (χ4n) is 2.16. The highest BCUT2D eigenvalue weighted by molar-refractivity contribution is 7.80. The van der Waals surface area contributed by atoms with Crippen molar-refractivity contribution in [3.63, 3.8) is 0 Å².